The Kier molecular flexibility index (Phi) is 6.16. The number of para-hydroxylation sites is 1. The summed E-state index contributed by atoms with van der Waals surface area (Å²) in [6.07, 6.45) is 0. The third kappa shape index (κ3) is 4.39. The fraction of sp³-hybridized carbons (Fsp3) is 0.0682. The minimum atomic E-state index is -0.0240. The van der Waals surface area contributed by atoms with Crippen LogP contribution in [0.25, 0.3) is 55.6 Å². The van der Waals surface area contributed by atoms with Crippen molar-refractivity contribution < 1.29 is 4.42 Å². The van der Waals surface area contributed by atoms with Crippen LogP contribution >= 0.6 is 0 Å². The summed E-state index contributed by atoms with van der Waals surface area (Å²) in [5.41, 5.74) is 13.8. The molecule has 3 heteroatoms. The second-order valence-electron chi connectivity index (χ2n) is 12.8. The Labute approximate surface area is 274 Å². The molecule has 0 unspecified atom stereocenters. The third-order valence-electron chi connectivity index (χ3n) is 9.71. The van der Waals surface area contributed by atoms with E-state index in [0.717, 1.165) is 44.5 Å². The molecule has 1 heterocycles. The maximum Gasteiger partial charge on any atom is 0.227 e. The molecule has 0 fully saturated rings. The summed E-state index contributed by atoms with van der Waals surface area (Å²) in [4.78, 5) is 7.20. The second kappa shape index (κ2) is 10.6. The molecular weight excluding hydrogens is 572 g/mol. The maximum atomic E-state index is 6.23. The Balaban J connectivity index is 1.09. The van der Waals surface area contributed by atoms with Gasteiger partial charge in [-0.2, -0.15) is 0 Å². The average Bonchev–Trinajstić information content (AvgIpc) is 3.67. The lowest BCUT2D eigenvalue weighted by Crippen LogP contribution is -2.14. The molecular formula is C44H32N2O. The van der Waals surface area contributed by atoms with Crippen LogP contribution in [-0.2, 0) is 5.41 Å². The van der Waals surface area contributed by atoms with E-state index in [9.17, 15) is 0 Å². The predicted molar refractivity (Wildman–Crippen MR) is 195 cm³/mol. The van der Waals surface area contributed by atoms with Gasteiger partial charge in [-0.1, -0.05) is 117 Å². The highest BCUT2D eigenvalue weighted by molar-refractivity contribution is 6.04. The van der Waals surface area contributed by atoms with E-state index in [-0.39, 0.29) is 5.41 Å². The molecule has 0 N–H and O–H groups in total. The first kappa shape index (κ1) is 27.4. The number of rotatable bonds is 5. The van der Waals surface area contributed by atoms with E-state index in [4.69, 9.17) is 9.40 Å². The van der Waals surface area contributed by atoms with Crippen molar-refractivity contribution in [2.75, 3.05) is 4.90 Å². The number of fused-ring (bicyclic) bond motifs is 6. The van der Waals surface area contributed by atoms with Crippen LogP contribution in [0.4, 0.5) is 17.1 Å². The highest BCUT2D eigenvalue weighted by atomic mass is 16.3. The molecule has 1 aliphatic carbocycles. The molecule has 7 aromatic carbocycles. The summed E-state index contributed by atoms with van der Waals surface area (Å²) >= 11 is 0. The smallest absolute Gasteiger partial charge is 0.227 e. The van der Waals surface area contributed by atoms with Gasteiger partial charge < -0.3 is 9.32 Å². The summed E-state index contributed by atoms with van der Waals surface area (Å²) in [6.45, 7) is 4.67. The highest BCUT2D eigenvalue weighted by Gasteiger charge is 2.36. The molecule has 8 aromatic rings. The van der Waals surface area contributed by atoms with Gasteiger partial charge >= 0.3 is 0 Å². The van der Waals surface area contributed by atoms with Crippen molar-refractivity contribution in [3.05, 3.63) is 169 Å². The predicted octanol–water partition coefficient (Wildman–Crippen LogP) is 12.1. The largest absolute Gasteiger partial charge is 0.436 e. The zero-order chi connectivity index (χ0) is 31.5. The van der Waals surface area contributed by atoms with Gasteiger partial charge in [0.25, 0.3) is 0 Å². The summed E-state index contributed by atoms with van der Waals surface area (Å²) in [6, 6.07) is 56.0. The van der Waals surface area contributed by atoms with Gasteiger partial charge in [0, 0.05) is 33.4 Å². The Morgan fingerprint density at radius 1 is 0.511 bits per heavy atom. The van der Waals surface area contributed by atoms with E-state index >= 15 is 0 Å². The molecule has 0 bridgehead atoms. The van der Waals surface area contributed by atoms with Crippen LogP contribution < -0.4 is 4.90 Å². The Bertz CT molecular complexity index is 2420. The molecule has 0 aliphatic heterocycles. The van der Waals surface area contributed by atoms with Gasteiger partial charge in [0.1, 0.15) is 5.52 Å². The molecule has 1 aliphatic rings. The fourth-order valence-electron chi connectivity index (χ4n) is 7.35. The molecule has 0 radical (unpaired) electrons. The number of hydrogen-bond acceptors (Lipinski definition) is 3. The van der Waals surface area contributed by atoms with E-state index in [1.54, 1.807) is 0 Å². The van der Waals surface area contributed by atoms with Crippen LogP contribution in [0.3, 0.4) is 0 Å². The van der Waals surface area contributed by atoms with Gasteiger partial charge in [0.05, 0.1) is 0 Å². The van der Waals surface area contributed by atoms with E-state index < -0.39 is 0 Å². The van der Waals surface area contributed by atoms with Crippen LogP contribution in [0.2, 0.25) is 0 Å². The lowest BCUT2D eigenvalue weighted by molar-refractivity contribution is 0.620. The van der Waals surface area contributed by atoms with Gasteiger partial charge in [-0.3, -0.25) is 0 Å². The molecule has 0 atom stereocenters. The van der Waals surface area contributed by atoms with Crippen molar-refractivity contribution in [3.63, 3.8) is 0 Å². The zero-order valence-electron chi connectivity index (χ0n) is 26.3. The number of anilines is 3. The molecule has 0 spiro atoms. The van der Waals surface area contributed by atoms with Crippen molar-refractivity contribution in [1.29, 1.82) is 0 Å². The van der Waals surface area contributed by atoms with Crippen LogP contribution in [0.15, 0.2) is 162 Å². The van der Waals surface area contributed by atoms with Crippen molar-refractivity contribution in [1.82, 2.24) is 4.98 Å². The van der Waals surface area contributed by atoms with Crippen molar-refractivity contribution in [3.8, 4) is 33.7 Å². The quantitative estimate of drug-likeness (QED) is 0.196. The highest BCUT2D eigenvalue weighted by Crippen LogP contribution is 2.52. The molecule has 1 aromatic heterocycles. The van der Waals surface area contributed by atoms with Crippen LogP contribution in [0, 0.1) is 0 Å². The minimum absolute atomic E-state index is 0.0240. The topological polar surface area (TPSA) is 29.3 Å². The number of nitrogens with zero attached hydrogens (tertiary/aromatic N) is 2. The third-order valence-corrected chi connectivity index (χ3v) is 9.71. The first-order chi connectivity index (χ1) is 23.1. The fourth-order valence-corrected chi connectivity index (χ4v) is 7.35. The summed E-state index contributed by atoms with van der Waals surface area (Å²) in [5.74, 6) is 0.624. The Morgan fingerprint density at radius 3 is 1.91 bits per heavy atom. The van der Waals surface area contributed by atoms with Gasteiger partial charge in [0.15, 0.2) is 5.58 Å². The van der Waals surface area contributed by atoms with Crippen LogP contribution in [-0.4, -0.2) is 4.98 Å². The van der Waals surface area contributed by atoms with Gasteiger partial charge in [-0.05, 0) is 93.4 Å². The summed E-state index contributed by atoms with van der Waals surface area (Å²) in [7, 11) is 0. The summed E-state index contributed by atoms with van der Waals surface area (Å²) in [5, 5.41) is 2.26. The van der Waals surface area contributed by atoms with Crippen LogP contribution in [0.5, 0.6) is 0 Å². The average molecular weight is 605 g/mol. The lowest BCUT2D eigenvalue weighted by atomic mass is 9.82. The number of hydrogen-bond donors (Lipinski definition) is 0. The first-order valence-corrected chi connectivity index (χ1v) is 16.1. The first-order valence-electron chi connectivity index (χ1n) is 16.1. The molecule has 9 rings (SSSR count). The van der Waals surface area contributed by atoms with Gasteiger partial charge in [0.2, 0.25) is 5.89 Å². The summed E-state index contributed by atoms with van der Waals surface area (Å²) < 4.78 is 6.23. The van der Waals surface area contributed by atoms with E-state index in [2.05, 4.69) is 158 Å². The SMILES string of the molecule is CC1(C)c2ccccc2-c2c(-c3ccc(N(c4ccccc4)c4ccc(-c5nc6c(ccc7ccccc76)o5)cc4)cc3)cccc21. The lowest BCUT2D eigenvalue weighted by Gasteiger charge is -2.26. The Hall–Kier alpha value is -5.93. The minimum Gasteiger partial charge on any atom is -0.436 e. The van der Waals surface area contributed by atoms with Crippen LogP contribution in [0.1, 0.15) is 25.0 Å². The van der Waals surface area contributed by atoms with E-state index in [1.165, 1.54) is 33.4 Å². The molecule has 3 nitrogen and oxygen atoms in total. The molecule has 0 saturated heterocycles. The van der Waals surface area contributed by atoms with Crippen molar-refractivity contribution >= 4 is 38.9 Å². The number of oxazole rings is 1. The number of aromatic nitrogens is 1. The molecule has 224 valence electrons. The molecule has 0 amide bonds. The molecule has 47 heavy (non-hydrogen) atoms. The zero-order valence-corrected chi connectivity index (χ0v) is 26.3. The second-order valence-corrected chi connectivity index (χ2v) is 12.8. The standard InChI is InChI=1S/C44H32N2O/c1-44(2)38-17-9-8-15-37(38)41-35(16-10-18-39(41)44)30-19-24-33(25-20-30)46(32-12-4-3-5-13-32)34-26-21-31(22-27-34)43-45-42-36-14-7-6-11-29(36)23-28-40(42)47-43/h3-28H,1-2H3. The van der Waals surface area contributed by atoms with E-state index in [1.807, 2.05) is 18.2 Å². The van der Waals surface area contributed by atoms with Crippen molar-refractivity contribution in [2.45, 2.75) is 19.3 Å². The molecule has 0 saturated carbocycles. The van der Waals surface area contributed by atoms with Crippen molar-refractivity contribution in [2.24, 2.45) is 0 Å². The number of benzene rings is 7. The Morgan fingerprint density at radius 2 is 1.13 bits per heavy atom. The normalized spacial score (nSPS) is 13.1. The maximum absolute atomic E-state index is 6.23. The van der Waals surface area contributed by atoms with Gasteiger partial charge in [-0.15, -0.1) is 0 Å². The van der Waals surface area contributed by atoms with E-state index in [0.29, 0.717) is 5.89 Å². The monoisotopic (exact) mass is 604 g/mol. The van der Waals surface area contributed by atoms with Gasteiger partial charge in [-0.25, -0.2) is 4.98 Å².